The normalized spacial score (nSPS) is 15.4. The highest BCUT2D eigenvalue weighted by atomic mass is 32.2. The number of carbonyl (C=O) groups is 1. The average molecular weight is 435 g/mol. The number of hydrogen-bond acceptors (Lipinski definition) is 4. The van der Waals surface area contributed by atoms with Crippen LogP contribution in [0.25, 0.3) is 11.0 Å². The highest BCUT2D eigenvalue weighted by Gasteiger charge is 2.26. The Hall–Kier alpha value is -1.93. The molecule has 2 aromatic rings. The number of carbonyl (C=O) groups excluding carboxylic acids is 1. The van der Waals surface area contributed by atoms with E-state index in [1.54, 1.807) is 18.2 Å². The van der Waals surface area contributed by atoms with Crippen molar-refractivity contribution in [1.82, 2.24) is 18.8 Å². The fourth-order valence-electron chi connectivity index (χ4n) is 4.54. The van der Waals surface area contributed by atoms with Crippen LogP contribution in [0.4, 0.5) is 0 Å². The van der Waals surface area contributed by atoms with Crippen molar-refractivity contribution in [1.29, 1.82) is 0 Å². The summed E-state index contributed by atoms with van der Waals surface area (Å²) < 4.78 is 29.0. The molecule has 30 heavy (non-hydrogen) atoms. The van der Waals surface area contributed by atoms with Crippen molar-refractivity contribution in [2.75, 3.05) is 19.6 Å². The Kier molecular flexibility index (Phi) is 7.18. The van der Waals surface area contributed by atoms with Crippen molar-refractivity contribution < 1.29 is 13.2 Å². The first-order valence-electron chi connectivity index (χ1n) is 11.1. The van der Waals surface area contributed by atoms with Crippen LogP contribution in [0, 0.1) is 0 Å². The molecule has 0 bridgehead atoms. The van der Waals surface area contributed by atoms with Gasteiger partial charge in [0.05, 0.1) is 15.9 Å². The summed E-state index contributed by atoms with van der Waals surface area (Å²) in [4.78, 5) is 19.7. The van der Waals surface area contributed by atoms with Gasteiger partial charge in [-0.2, -0.15) is 4.31 Å². The van der Waals surface area contributed by atoms with Gasteiger partial charge in [-0.1, -0.05) is 26.7 Å². The maximum Gasteiger partial charge on any atom is 0.243 e. The fraction of sp³-hybridized carbons (Fsp3) is 0.636. The first kappa shape index (κ1) is 22.7. The highest BCUT2D eigenvalue weighted by Crippen LogP contribution is 2.25. The molecule has 1 amide bonds. The van der Waals surface area contributed by atoms with Crippen molar-refractivity contribution in [2.24, 2.45) is 7.05 Å². The molecule has 0 unspecified atom stereocenters. The molecule has 8 heteroatoms. The number of nitrogens with zero attached hydrogens (tertiary/aromatic N) is 4. The molecule has 0 saturated heterocycles. The zero-order valence-corrected chi connectivity index (χ0v) is 19.4. The summed E-state index contributed by atoms with van der Waals surface area (Å²) in [5.74, 6) is 0.986. The van der Waals surface area contributed by atoms with Crippen LogP contribution in [0.1, 0.15) is 58.7 Å². The van der Waals surface area contributed by atoms with Crippen LogP contribution in [0.15, 0.2) is 23.1 Å². The molecule has 1 aromatic heterocycles. The van der Waals surface area contributed by atoms with E-state index in [4.69, 9.17) is 0 Å². The quantitative estimate of drug-likeness (QED) is 0.607. The molecule has 1 heterocycles. The van der Waals surface area contributed by atoms with Gasteiger partial charge >= 0.3 is 0 Å². The molecule has 1 fully saturated rings. The predicted octanol–water partition coefficient (Wildman–Crippen LogP) is 3.33. The van der Waals surface area contributed by atoms with Crippen LogP contribution in [0.2, 0.25) is 0 Å². The second kappa shape index (κ2) is 9.47. The van der Waals surface area contributed by atoms with E-state index in [1.165, 1.54) is 17.1 Å². The number of hydrogen-bond donors (Lipinski definition) is 0. The van der Waals surface area contributed by atoms with E-state index in [1.807, 2.05) is 37.3 Å². The third-order valence-corrected chi connectivity index (χ3v) is 8.32. The first-order valence-corrected chi connectivity index (χ1v) is 12.5. The van der Waals surface area contributed by atoms with E-state index in [0.29, 0.717) is 37.5 Å². The maximum absolute atomic E-state index is 12.8. The number of fused-ring (bicyclic) bond motifs is 1. The minimum Gasteiger partial charge on any atom is -0.340 e. The lowest BCUT2D eigenvalue weighted by molar-refractivity contribution is -0.133. The molecule has 1 aliphatic rings. The summed E-state index contributed by atoms with van der Waals surface area (Å²) in [5.41, 5.74) is 1.52. The Labute approximate surface area is 180 Å². The summed E-state index contributed by atoms with van der Waals surface area (Å²) in [5, 5.41) is 0. The van der Waals surface area contributed by atoms with Crippen molar-refractivity contribution in [3.05, 3.63) is 24.0 Å². The minimum atomic E-state index is -3.52. The van der Waals surface area contributed by atoms with Gasteiger partial charge in [-0.3, -0.25) is 4.79 Å². The van der Waals surface area contributed by atoms with Gasteiger partial charge in [0.15, 0.2) is 0 Å². The molecule has 0 N–H and O–H groups in total. The van der Waals surface area contributed by atoms with Crippen LogP contribution >= 0.6 is 0 Å². The van der Waals surface area contributed by atoms with Gasteiger partial charge in [0, 0.05) is 45.6 Å². The lowest BCUT2D eigenvalue weighted by Gasteiger charge is -2.27. The summed E-state index contributed by atoms with van der Waals surface area (Å²) in [6.45, 7) is 7.33. The molecule has 166 valence electrons. The summed E-state index contributed by atoms with van der Waals surface area (Å²) in [6.07, 6.45) is 5.60. The Morgan fingerprint density at radius 1 is 1.13 bits per heavy atom. The van der Waals surface area contributed by atoms with Crippen molar-refractivity contribution in [3.8, 4) is 0 Å². The van der Waals surface area contributed by atoms with Gasteiger partial charge in [-0.25, -0.2) is 13.4 Å². The second-order valence-electron chi connectivity index (χ2n) is 7.94. The van der Waals surface area contributed by atoms with Gasteiger partial charge in [-0.15, -0.1) is 0 Å². The van der Waals surface area contributed by atoms with Gasteiger partial charge in [0.25, 0.3) is 0 Å². The zero-order chi connectivity index (χ0) is 21.9. The standard InChI is InChI=1S/C22H34N4O3S/c1-5-25(6-2)30(28,29)18-12-13-20-19(16-18)23-21(24(20)4)14-15-22(27)26(7-3)17-10-8-9-11-17/h12-13,16-17H,5-11,14-15H2,1-4H3. The molecule has 7 nitrogen and oxygen atoms in total. The molecule has 0 radical (unpaired) electrons. The molecular formula is C22H34N4O3S. The van der Waals surface area contributed by atoms with Crippen LogP contribution in [0.3, 0.4) is 0 Å². The van der Waals surface area contributed by atoms with Crippen molar-refractivity contribution in [2.45, 2.75) is 70.2 Å². The lowest BCUT2D eigenvalue weighted by Crippen LogP contribution is -2.38. The van der Waals surface area contributed by atoms with E-state index in [0.717, 1.165) is 30.7 Å². The summed E-state index contributed by atoms with van der Waals surface area (Å²) in [6, 6.07) is 5.48. The minimum absolute atomic E-state index is 0.182. The summed E-state index contributed by atoms with van der Waals surface area (Å²) >= 11 is 0. The molecule has 1 aliphatic carbocycles. The van der Waals surface area contributed by atoms with Gasteiger partial charge < -0.3 is 9.47 Å². The van der Waals surface area contributed by atoms with Crippen LogP contribution in [0.5, 0.6) is 0 Å². The Morgan fingerprint density at radius 3 is 2.40 bits per heavy atom. The lowest BCUT2D eigenvalue weighted by atomic mass is 10.1. The number of rotatable bonds is 9. The number of imidazole rings is 1. The molecule has 3 rings (SSSR count). The van der Waals surface area contributed by atoms with Crippen LogP contribution < -0.4 is 0 Å². The molecule has 1 aromatic carbocycles. The van der Waals surface area contributed by atoms with E-state index >= 15 is 0 Å². The average Bonchev–Trinajstić information content (AvgIpc) is 3.36. The fourth-order valence-corrected chi connectivity index (χ4v) is 6.02. The number of amides is 1. The number of sulfonamides is 1. The van der Waals surface area contributed by atoms with Crippen LogP contribution in [-0.4, -0.2) is 58.8 Å². The monoisotopic (exact) mass is 434 g/mol. The number of benzene rings is 1. The first-order chi connectivity index (χ1) is 14.3. The number of aryl methyl sites for hydroxylation is 2. The topological polar surface area (TPSA) is 75.5 Å². The molecular weight excluding hydrogens is 400 g/mol. The third-order valence-electron chi connectivity index (χ3n) is 6.28. The third kappa shape index (κ3) is 4.39. The molecule has 0 aliphatic heterocycles. The van der Waals surface area contributed by atoms with Crippen molar-refractivity contribution in [3.63, 3.8) is 0 Å². The van der Waals surface area contributed by atoms with Gasteiger partial charge in [-0.05, 0) is 38.0 Å². The Balaban J connectivity index is 1.79. The zero-order valence-electron chi connectivity index (χ0n) is 18.6. The van der Waals surface area contributed by atoms with Gasteiger partial charge in [0.2, 0.25) is 15.9 Å². The Bertz CT molecular complexity index is 989. The van der Waals surface area contributed by atoms with E-state index in [-0.39, 0.29) is 10.8 Å². The van der Waals surface area contributed by atoms with Crippen molar-refractivity contribution >= 4 is 27.0 Å². The van der Waals surface area contributed by atoms with E-state index < -0.39 is 10.0 Å². The predicted molar refractivity (Wildman–Crippen MR) is 119 cm³/mol. The van der Waals surface area contributed by atoms with E-state index in [9.17, 15) is 13.2 Å². The van der Waals surface area contributed by atoms with E-state index in [2.05, 4.69) is 4.98 Å². The SMILES string of the molecule is CCN(C(=O)CCc1nc2cc(S(=O)(=O)N(CC)CC)ccc2n1C)C1CCCC1. The maximum atomic E-state index is 12.8. The summed E-state index contributed by atoms with van der Waals surface area (Å²) in [7, 11) is -1.60. The molecule has 1 saturated carbocycles. The Morgan fingerprint density at radius 2 is 1.80 bits per heavy atom. The van der Waals surface area contributed by atoms with Gasteiger partial charge in [0.1, 0.15) is 5.82 Å². The highest BCUT2D eigenvalue weighted by molar-refractivity contribution is 7.89. The molecule has 0 atom stereocenters. The largest absolute Gasteiger partial charge is 0.340 e. The number of aromatic nitrogens is 2. The van der Waals surface area contributed by atoms with Crippen LogP contribution in [-0.2, 0) is 28.3 Å². The second-order valence-corrected chi connectivity index (χ2v) is 9.88. The smallest absolute Gasteiger partial charge is 0.243 e. The molecule has 0 spiro atoms.